The summed E-state index contributed by atoms with van der Waals surface area (Å²) in [4.78, 5) is 18.1. The quantitative estimate of drug-likeness (QED) is 0.228. The molecule has 0 aromatic carbocycles. The number of amides is 1. The van der Waals surface area contributed by atoms with E-state index in [1.165, 1.54) is 5.01 Å². The molecule has 3 rings (SSSR count). The standard InChI is InChI=1S/C26H36Cl3N3O4Si/c1-17(2)37(18(3)4,19(5)6)36-23-15-21(22-11-10-14-34-22)32(24-12-8-9-13-30-24)31(20(23)7)25(33)35-16-26(27,28)29/h8-15,17-21H,16H2,1-7H3/t20-,21-/m0/s1. The summed E-state index contributed by atoms with van der Waals surface area (Å²) in [7, 11) is -2.36. The predicted octanol–water partition coefficient (Wildman–Crippen LogP) is 8.42. The van der Waals surface area contributed by atoms with Gasteiger partial charge in [0.1, 0.15) is 36.0 Å². The fourth-order valence-electron chi connectivity index (χ4n) is 5.34. The van der Waals surface area contributed by atoms with Crippen molar-refractivity contribution in [1.82, 2.24) is 9.99 Å². The molecule has 1 aliphatic heterocycles. The topological polar surface area (TPSA) is 68.0 Å². The summed E-state index contributed by atoms with van der Waals surface area (Å²) >= 11 is 17.7. The van der Waals surface area contributed by atoms with Crippen LogP contribution in [0.1, 0.15) is 60.3 Å². The van der Waals surface area contributed by atoms with Crippen LogP contribution in [0.2, 0.25) is 16.6 Å². The van der Waals surface area contributed by atoms with Crippen molar-refractivity contribution in [3.8, 4) is 0 Å². The number of halogens is 3. The van der Waals surface area contributed by atoms with E-state index in [0.29, 0.717) is 34.0 Å². The first kappa shape index (κ1) is 29.7. The maximum atomic E-state index is 13.6. The Hall–Kier alpha value is -1.87. The number of aromatic nitrogens is 1. The van der Waals surface area contributed by atoms with Gasteiger partial charge in [-0.2, -0.15) is 0 Å². The van der Waals surface area contributed by atoms with Crippen molar-refractivity contribution in [2.45, 2.75) is 81.0 Å². The highest BCUT2D eigenvalue weighted by Crippen LogP contribution is 2.46. The number of hydrazine groups is 1. The van der Waals surface area contributed by atoms with Gasteiger partial charge in [-0.05, 0) is 53.9 Å². The molecular formula is C26H36Cl3N3O4Si. The zero-order valence-electron chi connectivity index (χ0n) is 22.3. The van der Waals surface area contributed by atoms with Crippen molar-refractivity contribution < 1.29 is 18.4 Å². The highest BCUT2D eigenvalue weighted by atomic mass is 35.6. The SMILES string of the molecule is CC(C)[Si](OC1=C[C@@H](c2ccco2)N(c2ccccn2)N(C(=O)OCC(Cl)(Cl)Cl)[C@H]1C)(C(C)C)C(C)C. The normalized spacial score (nSPS) is 19.0. The molecule has 2 aromatic heterocycles. The van der Waals surface area contributed by atoms with E-state index in [9.17, 15) is 4.79 Å². The minimum absolute atomic E-state index is 0.334. The highest BCUT2D eigenvalue weighted by Gasteiger charge is 2.50. The summed E-state index contributed by atoms with van der Waals surface area (Å²) in [5.41, 5.74) is 1.00. The van der Waals surface area contributed by atoms with Gasteiger partial charge in [-0.3, -0.25) is 0 Å². The molecule has 0 fully saturated rings. The highest BCUT2D eigenvalue weighted by molar-refractivity contribution is 6.77. The fourth-order valence-corrected chi connectivity index (χ4v) is 10.9. The molecule has 0 saturated heterocycles. The van der Waals surface area contributed by atoms with E-state index in [1.54, 1.807) is 23.5 Å². The van der Waals surface area contributed by atoms with E-state index >= 15 is 0 Å². The number of hydrogen-bond donors (Lipinski definition) is 0. The molecule has 0 bridgehead atoms. The summed E-state index contributed by atoms with van der Waals surface area (Å²) in [6.45, 7) is 14.8. The molecule has 204 valence electrons. The molecule has 0 saturated carbocycles. The molecule has 7 nitrogen and oxygen atoms in total. The van der Waals surface area contributed by atoms with Gasteiger partial charge in [0.2, 0.25) is 3.79 Å². The van der Waals surface area contributed by atoms with Crippen LogP contribution in [0.3, 0.4) is 0 Å². The molecule has 1 amide bonds. The van der Waals surface area contributed by atoms with Crippen LogP contribution in [0, 0.1) is 0 Å². The second-order valence-electron chi connectivity index (χ2n) is 10.2. The molecular weight excluding hydrogens is 553 g/mol. The molecule has 0 spiro atoms. The Morgan fingerprint density at radius 2 is 1.73 bits per heavy atom. The van der Waals surface area contributed by atoms with Crippen molar-refractivity contribution in [3.63, 3.8) is 0 Å². The van der Waals surface area contributed by atoms with Gasteiger partial charge in [0.25, 0.3) is 8.32 Å². The zero-order valence-corrected chi connectivity index (χ0v) is 25.6. The Morgan fingerprint density at radius 1 is 1.08 bits per heavy atom. The zero-order chi connectivity index (χ0) is 27.5. The van der Waals surface area contributed by atoms with Gasteiger partial charge in [0.15, 0.2) is 0 Å². The summed E-state index contributed by atoms with van der Waals surface area (Å²) in [6.07, 6.45) is 4.58. The van der Waals surface area contributed by atoms with Crippen LogP contribution >= 0.6 is 34.8 Å². The maximum Gasteiger partial charge on any atom is 0.429 e. The maximum absolute atomic E-state index is 13.6. The molecule has 3 heterocycles. The number of nitrogens with zero attached hydrogens (tertiary/aromatic N) is 3. The number of pyridine rings is 1. The molecule has 2 atom stereocenters. The van der Waals surface area contributed by atoms with Crippen LogP contribution in [0.15, 0.2) is 59.0 Å². The molecule has 0 aliphatic carbocycles. The predicted molar refractivity (Wildman–Crippen MR) is 151 cm³/mol. The van der Waals surface area contributed by atoms with Gasteiger partial charge in [-0.15, -0.1) is 0 Å². The number of ether oxygens (including phenoxy) is 1. The first-order chi connectivity index (χ1) is 17.3. The molecule has 0 N–H and O–H groups in total. The molecule has 2 aromatic rings. The van der Waals surface area contributed by atoms with E-state index in [2.05, 4.69) is 46.5 Å². The minimum Gasteiger partial charge on any atom is -0.544 e. The number of carbonyl (C=O) groups is 1. The average molecular weight is 589 g/mol. The molecule has 37 heavy (non-hydrogen) atoms. The Labute approximate surface area is 235 Å². The van der Waals surface area contributed by atoms with E-state index < -0.39 is 36.9 Å². The van der Waals surface area contributed by atoms with E-state index in [1.807, 2.05) is 37.3 Å². The Kier molecular flexibility index (Phi) is 9.54. The second-order valence-corrected chi connectivity index (χ2v) is 18.1. The third-order valence-corrected chi connectivity index (χ3v) is 13.2. The van der Waals surface area contributed by atoms with Gasteiger partial charge < -0.3 is 13.6 Å². The molecule has 1 aliphatic rings. The van der Waals surface area contributed by atoms with Crippen molar-refractivity contribution >= 4 is 55.0 Å². The second kappa shape index (κ2) is 11.9. The van der Waals surface area contributed by atoms with Gasteiger partial charge in [0, 0.05) is 6.20 Å². The third-order valence-electron chi connectivity index (χ3n) is 6.86. The summed E-state index contributed by atoms with van der Waals surface area (Å²) in [5.74, 6) is 1.82. The monoisotopic (exact) mass is 587 g/mol. The lowest BCUT2D eigenvalue weighted by molar-refractivity contribution is 0.0720. The Bertz CT molecular complexity index is 1040. The number of alkyl halides is 3. The van der Waals surface area contributed by atoms with Crippen LogP contribution < -0.4 is 5.01 Å². The fraction of sp³-hybridized carbons (Fsp3) is 0.538. The number of rotatable bonds is 8. The van der Waals surface area contributed by atoms with Crippen molar-refractivity contribution in [1.29, 1.82) is 0 Å². The van der Waals surface area contributed by atoms with Crippen LogP contribution in [0.5, 0.6) is 0 Å². The van der Waals surface area contributed by atoms with Crippen LogP contribution in [0.25, 0.3) is 0 Å². The lowest BCUT2D eigenvalue weighted by atomic mass is 10.1. The van der Waals surface area contributed by atoms with E-state index in [0.717, 1.165) is 0 Å². The summed E-state index contributed by atoms with van der Waals surface area (Å²) in [5, 5.41) is 3.21. The first-order valence-corrected chi connectivity index (χ1v) is 15.7. The minimum atomic E-state index is -2.36. The van der Waals surface area contributed by atoms with Crippen molar-refractivity contribution in [3.05, 3.63) is 60.4 Å². The lowest BCUT2D eigenvalue weighted by Crippen LogP contribution is -2.58. The number of anilines is 1. The largest absolute Gasteiger partial charge is 0.544 e. The molecule has 0 unspecified atom stereocenters. The Morgan fingerprint density at radius 3 is 2.22 bits per heavy atom. The van der Waals surface area contributed by atoms with Gasteiger partial charge in [-0.25, -0.2) is 19.8 Å². The van der Waals surface area contributed by atoms with Crippen molar-refractivity contribution in [2.75, 3.05) is 11.6 Å². The summed E-state index contributed by atoms with van der Waals surface area (Å²) in [6, 6.07) is 8.07. The number of hydrogen-bond acceptors (Lipinski definition) is 6. The van der Waals surface area contributed by atoms with Gasteiger partial charge in [-0.1, -0.05) is 82.4 Å². The first-order valence-electron chi connectivity index (χ1n) is 12.5. The molecule has 11 heteroatoms. The van der Waals surface area contributed by atoms with Crippen LogP contribution in [-0.4, -0.2) is 40.8 Å². The van der Waals surface area contributed by atoms with Gasteiger partial charge in [0.05, 0.1) is 6.26 Å². The summed E-state index contributed by atoms with van der Waals surface area (Å²) < 4.78 is 16.6. The number of carbonyl (C=O) groups excluding carboxylic acids is 1. The van der Waals surface area contributed by atoms with E-state index in [-0.39, 0.29) is 0 Å². The van der Waals surface area contributed by atoms with Gasteiger partial charge >= 0.3 is 6.09 Å². The molecule has 0 radical (unpaired) electrons. The smallest absolute Gasteiger partial charge is 0.429 e. The van der Waals surface area contributed by atoms with Crippen molar-refractivity contribution in [2.24, 2.45) is 0 Å². The lowest BCUT2D eigenvalue weighted by Gasteiger charge is -2.49. The van der Waals surface area contributed by atoms with Crippen LogP contribution in [0.4, 0.5) is 10.6 Å². The van der Waals surface area contributed by atoms with E-state index in [4.69, 9.17) is 48.4 Å². The Balaban J connectivity index is 2.18. The number of furan rings is 1. The average Bonchev–Trinajstić information content (AvgIpc) is 3.35. The third kappa shape index (κ3) is 6.41. The van der Waals surface area contributed by atoms with Crippen LogP contribution in [-0.2, 0) is 9.16 Å².